The second-order valence-electron chi connectivity index (χ2n) is 8.09. The van der Waals surface area contributed by atoms with E-state index in [2.05, 4.69) is 0 Å². The molecule has 0 saturated carbocycles. The van der Waals surface area contributed by atoms with E-state index in [1.165, 1.54) is 29.2 Å². The maximum Gasteiger partial charge on any atom is 0.300 e. The number of carbonyl (C=O) groups excluding carboxylic acids is 2. The molecule has 1 N–H and O–H groups in total. The number of rotatable bonds is 6. The van der Waals surface area contributed by atoms with E-state index in [9.17, 15) is 19.1 Å². The van der Waals surface area contributed by atoms with Crippen LogP contribution in [0, 0.1) is 5.82 Å². The maximum absolute atomic E-state index is 13.4. The fourth-order valence-corrected chi connectivity index (χ4v) is 4.00. The molecule has 0 aliphatic carbocycles. The monoisotopic (exact) mass is 460 g/mol. The van der Waals surface area contributed by atoms with Crippen molar-refractivity contribution in [3.63, 3.8) is 0 Å². The minimum absolute atomic E-state index is 0.0579. The van der Waals surface area contributed by atoms with Crippen molar-refractivity contribution in [3.8, 4) is 5.75 Å². The van der Waals surface area contributed by atoms with Gasteiger partial charge in [0.05, 0.1) is 18.2 Å². The number of halogens is 1. The molecule has 1 fully saturated rings. The number of ketones is 1. The lowest BCUT2D eigenvalue weighted by Crippen LogP contribution is -2.29. The molecule has 174 valence electrons. The largest absolute Gasteiger partial charge is 0.507 e. The number of hydrogen-bond acceptors (Lipinski definition) is 5. The first-order chi connectivity index (χ1) is 16.3. The van der Waals surface area contributed by atoms with E-state index in [1.54, 1.807) is 36.4 Å². The van der Waals surface area contributed by atoms with Crippen LogP contribution in [0.1, 0.15) is 24.1 Å². The van der Waals surface area contributed by atoms with Gasteiger partial charge in [-0.15, -0.1) is 0 Å². The molecule has 1 amide bonds. The van der Waals surface area contributed by atoms with Crippen molar-refractivity contribution >= 4 is 28.8 Å². The van der Waals surface area contributed by atoms with Gasteiger partial charge < -0.3 is 14.7 Å². The summed E-state index contributed by atoms with van der Waals surface area (Å²) in [5, 5.41) is 11.1. The van der Waals surface area contributed by atoms with Crippen molar-refractivity contribution in [2.45, 2.75) is 13.0 Å². The second-order valence-corrected chi connectivity index (χ2v) is 8.09. The number of ether oxygens (including phenoxy) is 1. The zero-order chi connectivity index (χ0) is 24.4. The molecule has 1 heterocycles. The summed E-state index contributed by atoms with van der Waals surface area (Å²) in [7, 11) is 3.81. The van der Waals surface area contributed by atoms with Gasteiger partial charge in [0, 0.05) is 31.0 Å². The van der Waals surface area contributed by atoms with Crippen LogP contribution in [-0.4, -0.2) is 37.5 Å². The molecule has 4 rings (SSSR count). The smallest absolute Gasteiger partial charge is 0.300 e. The van der Waals surface area contributed by atoms with Crippen LogP contribution in [0.4, 0.5) is 15.8 Å². The molecule has 1 aliphatic heterocycles. The highest BCUT2D eigenvalue weighted by molar-refractivity contribution is 6.51. The number of nitrogens with zero attached hydrogens (tertiary/aromatic N) is 2. The van der Waals surface area contributed by atoms with Gasteiger partial charge in [0.2, 0.25) is 0 Å². The zero-order valence-electron chi connectivity index (χ0n) is 19.2. The average molecular weight is 461 g/mol. The number of anilines is 2. The molecule has 3 aromatic carbocycles. The predicted molar refractivity (Wildman–Crippen MR) is 130 cm³/mol. The average Bonchev–Trinajstić information content (AvgIpc) is 3.10. The minimum Gasteiger partial charge on any atom is -0.507 e. The Labute approximate surface area is 197 Å². The van der Waals surface area contributed by atoms with Crippen molar-refractivity contribution < 1.29 is 23.8 Å². The molecular weight excluding hydrogens is 435 g/mol. The first-order valence-corrected chi connectivity index (χ1v) is 10.9. The number of aliphatic hydroxyl groups excluding tert-OH is 1. The van der Waals surface area contributed by atoms with E-state index >= 15 is 0 Å². The van der Waals surface area contributed by atoms with Crippen LogP contribution in [0.25, 0.3) is 5.76 Å². The van der Waals surface area contributed by atoms with Crippen molar-refractivity contribution in [3.05, 3.63) is 95.3 Å². The third kappa shape index (κ3) is 4.24. The summed E-state index contributed by atoms with van der Waals surface area (Å²) in [4.78, 5) is 29.7. The minimum atomic E-state index is -0.870. The molecule has 3 aromatic rings. The van der Waals surface area contributed by atoms with Gasteiger partial charge in [-0.05, 0) is 73.2 Å². The van der Waals surface area contributed by atoms with E-state index in [1.807, 2.05) is 38.1 Å². The van der Waals surface area contributed by atoms with Crippen LogP contribution in [-0.2, 0) is 9.59 Å². The lowest BCUT2D eigenvalue weighted by Gasteiger charge is -2.26. The van der Waals surface area contributed by atoms with Crippen LogP contribution in [0.15, 0.2) is 78.4 Å². The lowest BCUT2D eigenvalue weighted by atomic mass is 9.95. The quantitative estimate of drug-likeness (QED) is 0.321. The van der Waals surface area contributed by atoms with Crippen molar-refractivity contribution in [2.75, 3.05) is 30.5 Å². The molecule has 1 saturated heterocycles. The van der Waals surface area contributed by atoms with Gasteiger partial charge in [-0.1, -0.05) is 12.1 Å². The zero-order valence-corrected chi connectivity index (χ0v) is 19.2. The van der Waals surface area contributed by atoms with Crippen LogP contribution in [0.5, 0.6) is 5.75 Å². The lowest BCUT2D eigenvalue weighted by molar-refractivity contribution is -0.132. The third-order valence-electron chi connectivity index (χ3n) is 5.71. The van der Waals surface area contributed by atoms with Crippen molar-refractivity contribution in [2.24, 2.45) is 0 Å². The number of Topliss-reactive ketones (excluding diaryl/α,β-unsaturated/α-hetero) is 1. The Morgan fingerprint density at radius 2 is 1.59 bits per heavy atom. The molecule has 1 atom stereocenters. The molecule has 34 heavy (non-hydrogen) atoms. The summed E-state index contributed by atoms with van der Waals surface area (Å²) in [6.07, 6.45) is 0. The van der Waals surface area contributed by atoms with E-state index in [0.717, 1.165) is 5.69 Å². The molecule has 0 bridgehead atoms. The standard InChI is InChI=1S/C27H25FN2O4/c1-4-34-22-15-7-17(8-16-22)24-23(25(31)18-5-9-19(28)10-6-18)26(32)27(33)30(24)21-13-11-20(12-14-21)29(2)3/h5-16,24,31H,4H2,1-3H3/b25-23+. The van der Waals surface area contributed by atoms with Crippen LogP contribution < -0.4 is 14.5 Å². The summed E-state index contributed by atoms with van der Waals surface area (Å²) in [5.74, 6) is -1.74. The number of aliphatic hydroxyl groups is 1. The SMILES string of the molecule is CCOc1ccc(C2/C(=C(\O)c3ccc(F)cc3)C(=O)C(=O)N2c2ccc(N(C)C)cc2)cc1. The highest BCUT2D eigenvalue weighted by atomic mass is 19.1. The molecule has 0 radical (unpaired) electrons. The first-order valence-electron chi connectivity index (χ1n) is 10.9. The molecule has 0 aromatic heterocycles. The van der Waals surface area contributed by atoms with E-state index in [4.69, 9.17) is 4.74 Å². The number of benzene rings is 3. The van der Waals surface area contributed by atoms with Gasteiger partial charge >= 0.3 is 0 Å². The Morgan fingerprint density at radius 3 is 2.15 bits per heavy atom. The Kier molecular flexibility index (Phi) is 6.36. The van der Waals surface area contributed by atoms with E-state index in [0.29, 0.717) is 23.6 Å². The molecule has 6 nitrogen and oxygen atoms in total. The number of amides is 1. The number of hydrogen-bond donors (Lipinski definition) is 1. The Morgan fingerprint density at radius 1 is 0.971 bits per heavy atom. The Hall–Kier alpha value is -4.13. The third-order valence-corrected chi connectivity index (χ3v) is 5.71. The van der Waals surface area contributed by atoms with Crippen molar-refractivity contribution in [1.29, 1.82) is 0 Å². The first kappa shape index (κ1) is 23.0. The maximum atomic E-state index is 13.4. The van der Waals surface area contributed by atoms with Crippen LogP contribution in [0.3, 0.4) is 0 Å². The Balaban J connectivity index is 1.87. The summed E-state index contributed by atoms with van der Waals surface area (Å²) < 4.78 is 19.0. The molecule has 1 aliphatic rings. The van der Waals surface area contributed by atoms with Crippen LogP contribution >= 0.6 is 0 Å². The fourth-order valence-electron chi connectivity index (χ4n) is 4.00. The predicted octanol–water partition coefficient (Wildman–Crippen LogP) is 4.92. The highest BCUT2D eigenvalue weighted by Gasteiger charge is 2.47. The molecular formula is C27H25FN2O4. The summed E-state index contributed by atoms with van der Waals surface area (Å²) >= 11 is 0. The van der Waals surface area contributed by atoms with Crippen molar-refractivity contribution in [1.82, 2.24) is 0 Å². The summed E-state index contributed by atoms with van der Waals surface area (Å²) in [6, 6.07) is 18.5. The fraction of sp³-hybridized carbons (Fsp3) is 0.185. The molecule has 1 unspecified atom stereocenters. The second kappa shape index (κ2) is 9.39. The van der Waals surface area contributed by atoms with E-state index in [-0.39, 0.29) is 16.9 Å². The van der Waals surface area contributed by atoms with Crippen LogP contribution in [0.2, 0.25) is 0 Å². The Bertz CT molecular complexity index is 1230. The van der Waals surface area contributed by atoms with Gasteiger partial charge in [0.1, 0.15) is 17.3 Å². The van der Waals surface area contributed by atoms with Gasteiger partial charge in [-0.3, -0.25) is 14.5 Å². The molecule has 0 spiro atoms. The summed E-state index contributed by atoms with van der Waals surface area (Å²) in [5.41, 5.74) is 2.27. The summed E-state index contributed by atoms with van der Waals surface area (Å²) in [6.45, 7) is 2.38. The van der Waals surface area contributed by atoms with E-state index < -0.39 is 23.5 Å². The topological polar surface area (TPSA) is 70.1 Å². The van der Waals surface area contributed by atoms with Gasteiger partial charge in [-0.2, -0.15) is 0 Å². The molecule has 7 heteroatoms. The normalized spacial score (nSPS) is 17.2. The number of carbonyl (C=O) groups is 2. The van der Waals surface area contributed by atoms with Gasteiger partial charge in [-0.25, -0.2) is 4.39 Å². The van der Waals surface area contributed by atoms with Gasteiger partial charge in [0.25, 0.3) is 11.7 Å². The van der Waals surface area contributed by atoms with Gasteiger partial charge in [0.15, 0.2) is 0 Å². The highest BCUT2D eigenvalue weighted by Crippen LogP contribution is 2.42.